The van der Waals surface area contributed by atoms with Crippen molar-refractivity contribution in [1.82, 2.24) is 20.4 Å². The van der Waals surface area contributed by atoms with Crippen LogP contribution in [0.4, 0.5) is 0 Å². The Labute approximate surface area is 299 Å². The first kappa shape index (κ1) is 34.3. The highest BCUT2D eigenvalue weighted by molar-refractivity contribution is 6.35. The van der Waals surface area contributed by atoms with E-state index in [1.54, 1.807) is 24.3 Å². The largest absolute Gasteiger partial charge is 0.508 e. The van der Waals surface area contributed by atoms with Gasteiger partial charge in [0, 0.05) is 21.9 Å². The molecule has 0 aliphatic carbocycles. The second-order valence-corrected chi connectivity index (χ2v) is 12.3. The van der Waals surface area contributed by atoms with Gasteiger partial charge in [-0.3, -0.25) is 4.79 Å². The zero-order valence-corrected chi connectivity index (χ0v) is 29.0. The number of ether oxygens (including phenoxy) is 2. The SMILES string of the molecule is COC(=O)Cc1ccc(COc2cccc(-c3c(C)nnc4c(Cl)cccc34)c2)cc1.Cc1nnc2c(Cl)cccc2c1-c1cccc(O)c1. The lowest BCUT2D eigenvalue weighted by molar-refractivity contribution is -0.139. The van der Waals surface area contributed by atoms with Gasteiger partial charge < -0.3 is 14.6 Å². The Morgan fingerprint density at radius 3 is 1.74 bits per heavy atom. The van der Waals surface area contributed by atoms with Gasteiger partial charge in [0.05, 0.1) is 35.0 Å². The van der Waals surface area contributed by atoms with Crippen LogP contribution in [0.15, 0.2) is 109 Å². The molecule has 1 N–H and O–H groups in total. The van der Waals surface area contributed by atoms with Crippen molar-refractivity contribution >= 4 is 51.0 Å². The lowest BCUT2D eigenvalue weighted by Gasteiger charge is -2.12. The summed E-state index contributed by atoms with van der Waals surface area (Å²) < 4.78 is 10.7. The van der Waals surface area contributed by atoms with Gasteiger partial charge >= 0.3 is 5.97 Å². The fourth-order valence-corrected chi connectivity index (χ4v) is 6.09. The van der Waals surface area contributed by atoms with Gasteiger partial charge in [-0.15, -0.1) is 10.2 Å². The average Bonchev–Trinajstić information content (AvgIpc) is 3.12. The number of aromatic nitrogens is 4. The Bertz CT molecular complexity index is 2330. The Balaban J connectivity index is 0.000000194. The summed E-state index contributed by atoms with van der Waals surface area (Å²) in [5.41, 5.74) is 8.74. The normalized spacial score (nSPS) is 10.8. The van der Waals surface area contributed by atoms with Gasteiger partial charge in [0.15, 0.2) is 0 Å². The molecule has 0 fully saturated rings. The van der Waals surface area contributed by atoms with Crippen LogP contribution in [0.2, 0.25) is 10.0 Å². The van der Waals surface area contributed by atoms with E-state index in [9.17, 15) is 9.90 Å². The van der Waals surface area contributed by atoms with E-state index in [4.69, 9.17) is 32.7 Å². The van der Waals surface area contributed by atoms with Crippen molar-refractivity contribution in [3.8, 4) is 33.8 Å². The fourth-order valence-electron chi connectivity index (χ4n) is 5.67. The molecule has 0 aliphatic heterocycles. The molecule has 5 aromatic carbocycles. The van der Waals surface area contributed by atoms with Crippen LogP contribution in [-0.2, 0) is 22.6 Å². The number of halogens is 2. The molecule has 8 nitrogen and oxygen atoms in total. The summed E-state index contributed by atoms with van der Waals surface area (Å²) in [6, 6.07) is 34.1. The summed E-state index contributed by atoms with van der Waals surface area (Å²) in [6.07, 6.45) is 0.261. The third kappa shape index (κ3) is 7.67. The van der Waals surface area contributed by atoms with Crippen LogP contribution in [-0.4, -0.2) is 38.6 Å². The molecular weight excluding hydrogens is 671 g/mol. The number of benzene rings is 5. The lowest BCUT2D eigenvalue weighted by Crippen LogP contribution is -2.04. The number of aromatic hydroxyl groups is 1. The topological polar surface area (TPSA) is 107 Å². The standard InChI is InChI=1S/C25H21ClN2O3.C15H11ClN2O/c1-16-24(21-7-4-8-22(26)25(21)28-27-16)19-5-3-6-20(14-19)31-15-18-11-9-17(10-12-18)13-23(29)30-2;1-9-14(10-4-2-5-11(19)8-10)12-6-3-7-13(16)15(12)18-17-9/h3-12,14H,13,15H2,1-2H3;2-8,19H,1H3. The number of aryl methyl sites for hydroxylation is 2. The Morgan fingerprint density at radius 1 is 0.660 bits per heavy atom. The minimum atomic E-state index is -0.254. The molecular formula is C40H32Cl2N4O4. The van der Waals surface area contributed by atoms with Gasteiger partial charge in [0.25, 0.3) is 0 Å². The van der Waals surface area contributed by atoms with Gasteiger partial charge in [0.1, 0.15) is 29.1 Å². The molecule has 2 heterocycles. The molecule has 7 rings (SSSR count). The molecule has 0 saturated heterocycles. The van der Waals surface area contributed by atoms with E-state index in [1.165, 1.54) is 7.11 Å². The van der Waals surface area contributed by atoms with Crippen molar-refractivity contribution in [2.75, 3.05) is 7.11 Å². The first-order valence-electron chi connectivity index (χ1n) is 15.7. The fraction of sp³-hybridized carbons (Fsp3) is 0.125. The molecule has 0 amide bonds. The smallest absolute Gasteiger partial charge is 0.309 e. The van der Waals surface area contributed by atoms with E-state index in [-0.39, 0.29) is 18.1 Å². The van der Waals surface area contributed by atoms with Crippen LogP contribution in [0.25, 0.3) is 44.1 Å². The molecule has 50 heavy (non-hydrogen) atoms. The third-order valence-electron chi connectivity index (χ3n) is 8.10. The van der Waals surface area contributed by atoms with Crippen molar-refractivity contribution in [3.05, 3.63) is 142 Å². The number of methoxy groups -OCH3 is 1. The number of hydrogen-bond donors (Lipinski definition) is 1. The van der Waals surface area contributed by atoms with Gasteiger partial charge in [-0.1, -0.05) is 96.0 Å². The van der Waals surface area contributed by atoms with Crippen LogP contribution in [0.1, 0.15) is 22.5 Å². The summed E-state index contributed by atoms with van der Waals surface area (Å²) in [5.74, 6) is 0.724. The Hall–Kier alpha value is -5.57. The molecule has 7 aromatic rings. The minimum Gasteiger partial charge on any atom is -0.508 e. The maximum atomic E-state index is 11.4. The second-order valence-electron chi connectivity index (χ2n) is 11.5. The first-order valence-corrected chi connectivity index (χ1v) is 16.5. The van der Waals surface area contributed by atoms with Crippen LogP contribution in [0, 0.1) is 13.8 Å². The number of carbonyl (C=O) groups is 1. The number of fused-ring (bicyclic) bond motifs is 2. The second kappa shape index (κ2) is 15.3. The first-order chi connectivity index (χ1) is 24.2. The molecule has 250 valence electrons. The van der Waals surface area contributed by atoms with Gasteiger partial charge in [-0.05, 0) is 72.5 Å². The zero-order chi connectivity index (χ0) is 35.2. The van der Waals surface area contributed by atoms with Gasteiger partial charge in [-0.2, -0.15) is 10.2 Å². The summed E-state index contributed by atoms with van der Waals surface area (Å²) in [6.45, 7) is 4.25. The molecule has 10 heteroatoms. The molecule has 0 radical (unpaired) electrons. The van der Waals surface area contributed by atoms with Crippen LogP contribution < -0.4 is 4.74 Å². The van der Waals surface area contributed by atoms with Gasteiger partial charge in [-0.25, -0.2) is 0 Å². The summed E-state index contributed by atoms with van der Waals surface area (Å²) in [7, 11) is 1.39. The number of phenolic OH excluding ortho intramolecular Hbond substituents is 1. The highest BCUT2D eigenvalue weighted by Gasteiger charge is 2.14. The number of carbonyl (C=O) groups excluding carboxylic acids is 1. The molecule has 0 aliphatic rings. The highest BCUT2D eigenvalue weighted by atomic mass is 35.5. The number of phenols is 1. The molecule has 0 unspecified atom stereocenters. The van der Waals surface area contributed by atoms with Crippen LogP contribution in [0.3, 0.4) is 0 Å². The minimum absolute atomic E-state index is 0.226. The number of hydrogen-bond acceptors (Lipinski definition) is 8. The van der Waals surface area contributed by atoms with E-state index in [1.807, 2.05) is 98.8 Å². The van der Waals surface area contributed by atoms with Crippen LogP contribution >= 0.6 is 23.2 Å². The zero-order valence-electron chi connectivity index (χ0n) is 27.5. The van der Waals surface area contributed by atoms with E-state index < -0.39 is 0 Å². The van der Waals surface area contributed by atoms with Crippen molar-refractivity contribution in [2.45, 2.75) is 26.9 Å². The number of nitrogens with zero attached hydrogens (tertiary/aromatic N) is 4. The van der Waals surface area contributed by atoms with Crippen molar-refractivity contribution in [1.29, 1.82) is 0 Å². The van der Waals surface area contributed by atoms with E-state index in [0.717, 1.165) is 61.3 Å². The maximum Gasteiger partial charge on any atom is 0.309 e. The number of esters is 1. The lowest BCUT2D eigenvalue weighted by atomic mass is 9.99. The molecule has 0 spiro atoms. The average molecular weight is 704 g/mol. The molecule has 0 bridgehead atoms. The van der Waals surface area contributed by atoms with Crippen molar-refractivity contribution < 1.29 is 19.4 Å². The predicted molar refractivity (Wildman–Crippen MR) is 198 cm³/mol. The molecule has 2 aromatic heterocycles. The molecule has 0 atom stereocenters. The van der Waals surface area contributed by atoms with Crippen molar-refractivity contribution in [3.63, 3.8) is 0 Å². The van der Waals surface area contributed by atoms with E-state index in [2.05, 4.69) is 20.4 Å². The monoisotopic (exact) mass is 702 g/mol. The summed E-state index contributed by atoms with van der Waals surface area (Å²) in [4.78, 5) is 11.4. The summed E-state index contributed by atoms with van der Waals surface area (Å²) in [5, 5.41) is 29.5. The highest BCUT2D eigenvalue weighted by Crippen LogP contribution is 2.35. The maximum absolute atomic E-state index is 11.4. The third-order valence-corrected chi connectivity index (χ3v) is 8.71. The van der Waals surface area contributed by atoms with Crippen molar-refractivity contribution in [2.24, 2.45) is 0 Å². The predicted octanol–water partition coefficient (Wildman–Crippen LogP) is 9.52. The Morgan fingerprint density at radius 2 is 1.18 bits per heavy atom. The Kier molecular flexibility index (Phi) is 10.5. The number of rotatable bonds is 7. The summed E-state index contributed by atoms with van der Waals surface area (Å²) >= 11 is 12.5. The van der Waals surface area contributed by atoms with E-state index >= 15 is 0 Å². The molecule has 0 saturated carbocycles. The quantitative estimate of drug-likeness (QED) is 0.164. The van der Waals surface area contributed by atoms with Gasteiger partial charge in [0.2, 0.25) is 0 Å². The van der Waals surface area contributed by atoms with Crippen LogP contribution in [0.5, 0.6) is 11.5 Å². The van der Waals surface area contributed by atoms with E-state index in [0.29, 0.717) is 27.7 Å².